The minimum atomic E-state index is -3.63. The Hall–Kier alpha value is -1.70. The summed E-state index contributed by atoms with van der Waals surface area (Å²) in [6.07, 6.45) is 3.41. The van der Waals surface area contributed by atoms with Crippen molar-refractivity contribution in [3.63, 3.8) is 0 Å². The standard InChI is InChI=1S/C20H24BrNO4S/c1-26-20(23)11-7-3-6-10-19(16-8-4-2-5-9-16)22-27(24,25)18-14-12-17(21)13-15-18/h2,4-5,8-9,12-15,19,22H,3,6-7,10-11H2,1H3. The predicted molar refractivity (Wildman–Crippen MR) is 109 cm³/mol. The Balaban J connectivity index is 2.04. The van der Waals surface area contributed by atoms with E-state index >= 15 is 0 Å². The number of carbonyl (C=O) groups excluding carboxylic acids is 1. The van der Waals surface area contributed by atoms with Gasteiger partial charge in [0.1, 0.15) is 0 Å². The number of ether oxygens (including phenoxy) is 1. The molecule has 0 fully saturated rings. The molecule has 0 aliphatic heterocycles. The molecule has 0 radical (unpaired) electrons. The first-order valence-electron chi connectivity index (χ1n) is 8.82. The van der Waals surface area contributed by atoms with E-state index < -0.39 is 10.0 Å². The first kappa shape index (κ1) is 21.6. The van der Waals surface area contributed by atoms with E-state index in [4.69, 9.17) is 0 Å². The largest absolute Gasteiger partial charge is 0.469 e. The van der Waals surface area contributed by atoms with Crippen LogP contribution in [-0.2, 0) is 19.6 Å². The van der Waals surface area contributed by atoms with Crippen molar-refractivity contribution < 1.29 is 17.9 Å². The van der Waals surface area contributed by atoms with Crippen LogP contribution in [0, 0.1) is 0 Å². The fraction of sp³-hybridized carbons (Fsp3) is 0.350. The highest BCUT2D eigenvalue weighted by Crippen LogP contribution is 2.24. The van der Waals surface area contributed by atoms with Gasteiger partial charge in [0.05, 0.1) is 12.0 Å². The third kappa shape index (κ3) is 7.08. The summed E-state index contributed by atoms with van der Waals surface area (Å²) in [7, 11) is -2.25. The molecule has 1 unspecified atom stereocenters. The zero-order chi connectivity index (χ0) is 19.7. The SMILES string of the molecule is COC(=O)CCCCCC(NS(=O)(=O)c1ccc(Br)cc1)c1ccccc1. The van der Waals surface area contributed by atoms with Crippen molar-refractivity contribution in [1.82, 2.24) is 4.72 Å². The zero-order valence-corrected chi connectivity index (χ0v) is 17.6. The van der Waals surface area contributed by atoms with Gasteiger partial charge in [0.25, 0.3) is 0 Å². The third-order valence-electron chi connectivity index (χ3n) is 4.22. The number of sulfonamides is 1. The van der Waals surface area contributed by atoms with Crippen LogP contribution in [0.3, 0.4) is 0 Å². The number of unbranched alkanes of at least 4 members (excludes halogenated alkanes) is 2. The molecule has 0 spiro atoms. The van der Waals surface area contributed by atoms with Gasteiger partial charge in [0, 0.05) is 16.9 Å². The highest BCUT2D eigenvalue weighted by Gasteiger charge is 2.21. The molecule has 0 saturated carbocycles. The lowest BCUT2D eigenvalue weighted by Crippen LogP contribution is -2.28. The number of esters is 1. The van der Waals surface area contributed by atoms with Crippen LogP contribution in [0.2, 0.25) is 0 Å². The van der Waals surface area contributed by atoms with Crippen LogP contribution in [0.5, 0.6) is 0 Å². The van der Waals surface area contributed by atoms with Gasteiger partial charge < -0.3 is 4.74 Å². The average molecular weight is 454 g/mol. The second-order valence-corrected chi connectivity index (χ2v) is 8.84. The molecule has 5 nitrogen and oxygen atoms in total. The van der Waals surface area contributed by atoms with Crippen LogP contribution in [0.25, 0.3) is 0 Å². The maximum atomic E-state index is 12.8. The molecule has 0 aromatic heterocycles. The lowest BCUT2D eigenvalue weighted by Gasteiger charge is -2.19. The van der Waals surface area contributed by atoms with Gasteiger partial charge in [-0.3, -0.25) is 4.79 Å². The molecule has 0 aliphatic carbocycles. The number of methoxy groups -OCH3 is 1. The van der Waals surface area contributed by atoms with E-state index in [0.717, 1.165) is 29.3 Å². The van der Waals surface area contributed by atoms with Gasteiger partial charge in [-0.2, -0.15) is 0 Å². The van der Waals surface area contributed by atoms with Gasteiger partial charge in [-0.05, 0) is 42.7 Å². The van der Waals surface area contributed by atoms with Crippen molar-refractivity contribution in [2.75, 3.05) is 7.11 Å². The summed E-state index contributed by atoms with van der Waals surface area (Å²) in [5.74, 6) is -0.217. The summed E-state index contributed by atoms with van der Waals surface area (Å²) >= 11 is 3.32. The van der Waals surface area contributed by atoms with E-state index in [0.29, 0.717) is 12.8 Å². The molecule has 146 valence electrons. The highest BCUT2D eigenvalue weighted by molar-refractivity contribution is 9.10. The predicted octanol–water partition coefficient (Wildman–Crippen LogP) is 4.59. The Morgan fingerprint density at radius 3 is 2.33 bits per heavy atom. The molecule has 7 heteroatoms. The second kappa shape index (κ2) is 10.6. The minimum absolute atomic E-state index is 0.217. The maximum Gasteiger partial charge on any atom is 0.305 e. The van der Waals surface area contributed by atoms with E-state index in [-0.39, 0.29) is 16.9 Å². The number of rotatable bonds is 10. The van der Waals surface area contributed by atoms with Crippen LogP contribution in [-0.4, -0.2) is 21.5 Å². The van der Waals surface area contributed by atoms with Gasteiger partial charge in [-0.25, -0.2) is 13.1 Å². The third-order valence-corrected chi connectivity index (χ3v) is 6.24. The molecule has 0 bridgehead atoms. The number of nitrogens with one attached hydrogen (secondary N) is 1. The topological polar surface area (TPSA) is 72.5 Å². The van der Waals surface area contributed by atoms with Gasteiger partial charge in [0.2, 0.25) is 10.0 Å². The average Bonchev–Trinajstić information content (AvgIpc) is 2.67. The smallest absolute Gasteiger partial charge is 0.305 e. The van der Waals surface area contributed by atoms with Crippen LogP contribution in [0.1, 0.15) is 43.7 Å². The summed E-state index contributed by atoms with van der Waals surface area (Å²) in [6.45, 7) is 0. The summed E-state index contributed by atoms with van der Waals surface area (Å²) in [5, 5.41) is 0. The van der Waals surface area contributed by atoms with Crippen LogP contribution in [0.15, 0.2) is 64.0 Å². The Kier molecular flexibility index (Phi) is 8.47. The molecule has 0 amide bonds. The van der Waals surface area contributed by atoms with E-state index in [2.05, 4.69) is 25.4 Å². The van der Waals surface area contributed by atoms with Crippen molar-refractivity contribution in [2.45, 2.75) is 43.0 Å². The first-order chi connectivity index (χ1) is 12.9. The number of halogens is 1. The molecule has 1 atom stereocenters. The van der Waals surface area contributed by atoms with Crippen LogP contribution >= 0.6 is 15.9 Å². The highest BCUT2D eigenvalue weighted by atomic mass is 79.9. The van der Waals surface area contributed by atoms with Gasteiger partial charge in [0.15, 0.2) is 0 Å². The Labute approximate surface area is 169 Å². The number of benzene rings is 2. The Bertz CT molecular complexity index is 823. The molecule has 2 aromatic carbocycles. The second-order valence-electron chi connectivity index (χ2n) is 6.21. The van der Waals surface area contributed by atoms with Crippen molar-refractivity contribution in [2.24, 2.45) is 0 Å². The molecule has 0 aliphatic rings. The fourth-order valence-electron chi connectivity index (χ4n) is 2.74. The lowest BCUT2D eigenvalue weighted by molar-refractivity contribution is -0.140. The molecule has 2 aromatic rings. The van der Waals surface area contributed by atoms with Crippen molar-refractivity contribution in [3.8, 4) is 0 Å². The van der Waals surface area contributed by atoms with Crippen molar-refractivity contribution in [1.29, 1.82) is 0 Å². The van der Waals surface area contributed by atoms with Crippen LogP contribution in [0.4, 0.5) is 0 Å². The Morgan fingerprint density at radius 2 is 1.70 bits per heavy atom. The molecule has 0 saturated heterocycles. The maximum absolute atomic E-state index is 12.8. The van der Waals surface area contributed by atoms with E-state index in [1.165, 1.54) is 7.11 Å². The van der Waals surface area contributed by atoms with Crippen LogP contribution < -0.4 is 4.72 Å². The normalized spacial score (nSPS) is 12.5. The fourth-order valence-corrected chi connectivity index (χ4v) is 4.27. The monoisotopic (exact) mass is 453 g/mol. The summed E-state index contributed by atoms with van der Waals surface area (Å²) in [5.41, 5.74) is 0.922. The molecular formula is C20H24BrNO4S. The lowest BCUT2D eigenvalue weighted by atomic mass is 10.0. The van der Waals surface area contributed by atoms with Gasteiger partial charge in [-0.15, -0.1) is 0 Å². The molecular weight excluding hydrogens is 430 g/mol. The van der Waals surface area contributed by atoms with E-state index in [1.54, 1.807) is 24.3 Å². The minimum Gasteiger partial charge on any atom is -0.469 e. The number of carbonyl (C=O) groups is 1. The summed E-state index contributed by atoms with van der Waals surface area (Å²) in [4.78, 5) is 11.4. The van der Waals surface area contributed by atoms with Crippen molar-refractivity contribution in [3.05, 3.63) is 64.6 Å². The molecule has 0 heterocycles. The number of hydrogen-bond acceptors (Lipinski definition) is 4. The number of hydrogen-bond donors (Lipinski definition) is 1. The van der Waals surface area contributed by atoms with Gasteiger partial charge in [-0.1, -0.05) is 59.1 Å². The quantitative estimate of drug-likeness (QED) is 0.421. The zero-order valence-electron chi connectivity index (χ0n) is 15.2. The van der Waals surface area contributed by atoms with Crippen molar-refractivity contribution >= 4 is 31.9 Å². The molecule has 2 rings (SSSR count). The summed E-state index contributed by atoms with van der Waals surface area (Å²) < 4.78 is 33.8. The first-order valence-corrected chi connectivity index (χ1v) is 11.1. The van der Waals surface area contributed by atoms with E-state index in [9.17, 15) is 13.2 Å². The van der Waals surface area contributed by atoms with Gasteiger partial charge >= 0.3 is 5.97 Å². The summed E-state index contributed by atoms with van der Waals surface area (Å²) in [6, 6.07) is 15.8. The molecule has 27 heavy (non-hydrogen) atoms. The Morgan fingerprint density at radius 1 is 1.04 bits per heavy atom. The molecule has 1 N–H and O–H groups in total. The van der Waals surface area contributed by atoms with E-state index in [1.807, 2.05) is 30.3 Å².